The van der Waals surface area contributed by atoms with E-state index in [1.807, 2.05) is 0 Å². The normalized spacial score (nSPS) is 17.5. The van der Waals surface area contributed by atoms with Crippen LogP contribution in [0.4, 0.5) is 4.39 Å². The Morgan fingerprint density at radius 1 is 1.50 bits per heavy atom. The maximum atomic E-state index is 13.0. The van der Waals surface area contributed by atoms with Crippen LogP contribution >= 0.6 is 15.9 Å². The van der Waals surface area contributed by atoms with Crippen molar-refractivity contribution < 1.29 is 9.50 Å². The summed E-state index contributed by atoms with van der Waals surface area (Å²) in [6.45, 7) is 0. The Labute approximate surface area is 89.1 Å². The zero-order chi connectivity index (χ0) is 10.3. The lowest BCUT2D eigenvalue weighted by molar-refractivity contribution is 0.458. The quantitative estimate of drug-likeness (QED) is 0.839. The molecule has 0 aromatic heterocycles. The number of nitriles is 1. The van der Waals surface area contributed by atoms with Gasteiger partial charge in [0.2, 0.25) is 0 Å². The largest absolute Gasteiger partial charge is 0.508 e. The van der Waals surface area contributed by atoms with Gasteiger partial charge in [-0.1, -0.05) is 0 Å². The van der Waals surface area contributed by atoms with Crippen LogP contribution in [0.1, 0.15) is 18.4 Å². The highest BCUT2D eigenvalue weighted by molar-refractivity contribution is 9.10. The predicted molar refractivity (Wildman–Crippen MR) is 52.3 cm³/mol. The molecule has 4 heteroatoms. The standard InChI is InChI=1S/C10H7BrFNO/c11-7-3-6(9(14)4-8(7)12)10(5-13)1-2-10/h3-4,14H,1-2H2. The molecule has 1 N–H and O–H groups in total. The van der Waals surface area contributed by atoms with Crippen LogP contribution in [0.2, 0.25) is 0 Å². The summed E-state index contributed by atoms with van der Waals surface area (Å²) in [6, 6.07) is 4.68. The maximum Gasteiger partial charge on any atom is 0.141 e. The second kappa shape index (κ2) is 2.96. The lowest BCUT2D eigenvalue weighted by atomic mass is 9.97. The number of phenols is 1. The van der Waals surface area contributed by atoms with Gasteiger partial charge in [-0.15, -0.1) is 0 Å². The Morgan fingerprint density at radius 2 is 2.14 bits per heavy atom. The zero-order valence-electron chi connectivity index (χ0n) is 7.22. The van der Waals surface area contributed by atoms with Crippen molar-refractivity contribution in [1.29, 1.82) is 5.26 Å². The molecule has 1 aromatic rings. The third-order valence-electron chi connectivity index (χ3n) is 2.52. The minimum Gasteiger partial charge on any atom is -0.508 e. The second-order valence-electron chi connectivity index (χ2n) is 3.48. The molecule has 0 bridgehead atoms. The topological polar surface area (TPSA) is 44.0 Å². The van der Waals surface area contributed by atoms with Gasteiger partial charge in [0.25, 0.3) is 0 Å². The van der Waals surface area contributed by atoms with E-state index in [-0.39, 0.29) is 10.2 Å². The summed E-state index contributed by atoms with van der Waals surface area (Å²) < 4.78 is 13.3. The van der Waals surface area contributed by atoms with Crippen LogP contribution in [-0.2, 0) is 5.41 Å². The molecule has 0 radical (unpaired) electrons. The number of aromatic hydroxyl groups is 1. The van der Waals surface area contributed by atoms with E-state index in [1.165, 1.54) is 6.07 Å². The van der Waals surface area contributed by atoms with Crippen molar-refractivity contribution in [1.82, 2.24) is 0 Å². The molecule has 1 saturated carbocycles. The molecule has 2 nitrogen and oxygen atoms in total. The second-order valence-corrected chi connectivity index (χ2v) is 4.33. The fraction of sp³-hybridized carbons (Fsp3) is 0.300. The molecule has 1 fully saturated rings. The number of hydrogen-bond acceptors (Lipinski definition) is 2. The fourth-order valence-corrected chi connectivity index (χ4v) is 1.83. The third kappa shape index (κ3) is 1.28. The van der Waals surface area contributed by atoms with Crippen LogP contribution in [0.25, 0.3) is 0 Å². The maximum absolute atomic E-state index is 13.0. The Morgan fingerprint density at radius 3 is 2.64 bits per heavy atom. The smallest absolute Gasteiger partial charge is 0.141 e. The van der Waals surface area contributed by atoms with Crippen molar-refractivity contribution >= 4 is 15.9 Å². The summed E-state index contributed by atoms with van der Waals surface area (Å²) in [4.78, 5) is 0. The zero-order valence-corrected chi connectivity index (χ0v) is 8.81. The van der Waals surface area contributed by atoms with Crippen LogP contribution in [0.15, 0.2) is 16.6 Å². The Bertz CT molecular complexity index is 434. The molecule has 14 heavy (non-hydrogen) atoms. The number of rotatable bonds is 1. The van der Waals surface area contributed by atoms with Gasteiger partial charge >= 0.3 is 0 Å². The first kappa shape index (κ1) is 9.47. The van der Waals surface area contributed by atoms with E-state index in [4.69, 9.17) is 5.26 Å². The van der Waals surface area contributed by atoms with E-state index in [9.17, 15) is 9.50 Å². The van der Waals surface area contributed by atoms with Crippen molar-refractivity contribution in [2.45, 2.75) is 18.3 Å². The van der Waals surface area contributed by atoms with Gasteiger partial charge in [-0.2, -0.15) is 5.26 Å². The van der Waals surface area contributed by atoms with Crippen LogP contribution < -0.4 is 0 Å². The highest BCUT2D eigenvalue weighted by Gasteiger charge is 2.46. The Kier molecular flexibility index (Phi) is 2.00. The molecule has 0 heterocycles. The summed E-state index contributed by atoms with van der Waals surface area (Å²) in [7, 11) is 0. The van der Waals surface area contributed by atoms with E-state index in [1.54, 1.807) is 0 Å². The third-order valence-corrected chi connectivity index (χ3v) is 3.13. The highest BCUT2D eigenvalue weighted by atomic mass is 79.9. The predicted octanol–water partition coefficient (Wildman–Crippen LogP) is 2.85. The van der Waals surface area contributed by atoms with Crippen molar-refractivity contribution in [2.24, 2.45) is 0 Å². The number of halogens is 2. The molecule has 1 aliphatic rings. The van der Waals surface area contributed by atoms with Crippen LogP contribution in [0, 0.1) is 17.1 Å². The summed E-state index contributed by atoms with van der Waals surface area (Å²) in [5, 5.41) is 18.4. The first-order valence-electron chi connectivity index (χ1n) is 4.19. The number of nitrogens with zero attached hydrogens (tertiary/aromatic N) is 1. The van der Waals surface area contributed by atoms with Crippen molar-refractivity contribution in [2.75, 3.05) is 0 Å². The Balaban J connectivity index is 2.55. The van der Waals surface area contributed by atoms with Gasteiger partial charge in [0.05, 0.1) is 16.0 Å². The monoisotopic (exact) mass is 255 g/mol. The first-order valence-corrected chi connectivity index (χ1v) is 4.98. The van der Waals surface area contributed by atoms with Gasteiger partial charge in [-0.05, 0) is 34.8 Å². The van der Waals surface area contributed by atoms with Crippen LogP contribution in [0.3, 0.4) is 0 Å². The molecule has 1 aromatic carbocycles. The number of hydrogen-bond donors (Lipinski definition) is 1. The molecule has 1 aliphatic carbocycles. The Hall–Kier alpha value is -1.08. The van der Waals surface area contributed by atoms with Gasteiger partial charge in [0.15, 0.2) is 0 Å². The molecule has 0 saturated heterocycles. The van der Waals surface area contributed by atoms with E-state index in [0.717, 1.165) is 18.9 Å². The van der Waals surface area contributed by atoms with Crippen LogP contribution in [0.5, 0.6) is 5.75 Å². The van der Waals surface area contributed by atoms with Crippen molar-refractivity contribution in [3.8, 4) is 11.8 Å². The van der Waals surface area contributed by atoms with E-state index in [0.29, 0.717) is 5.56 Å². The SMILES string of the molecule is N#CC1(c2cc(Br)c(F)cc2O)CC1. The van der Waals surface area contributed by atoms with Gasteiger partial charge < -0.3 is 5.11 Å². The summed E-state index contributed by atoms with van der Waals surface area (Å²) in [6.07, 6.45) is 1.46. The van der Waals surface area contributed by atoms with E-state index < -0.39 is 11.2 Å². The lowest BCUT2D eigenvalue weighted by Gasteiger charge is -2.09. The average molecular weight is 256 g/mol. The summed E-state index contributed by atoms with van der Waals surface area (Å²) in [5.41, 5.74) is -0.0615. The van der Waals surface area contributed by atoms with Crippen LogP contribution in [-0.4, -0.2) is 5.11 Å². The molecule has 0 unspecified atom stereocenters. The molecule has 0 aliphatic heterocycles. The van der Waals surface area contributed by atoms with E-state index >= 15 is 0 Å². The first-order chi connectivity index (χ1) is 6.59. The lowest BCUT2D eigenvalue weighted by Crippen LogP contribution is -2.03. The number of benzene rings is 1. The van der Waals surface area contributed by atoms with Crippen molar-refractivity contribution in [3.63, 3.8) is 0 Å². The summed E-state index contributed by atoms with van der Waals surface area (Å²) in [5.74, 6) is -0.648. The molecule has 0 atom stereocenters. The van der Waals surface area contributed by atoms with Gasteiger partial charge in [-0.25, -0.2) is 4.39 Å². The minimum atomic E-state index is -0.583. The molecule has 72 valence electrons. The number of phenolic OH excluding ortho intramolecular Hbond substituents is 1. The van der Waals surface area contributed by atoms with Gasteiger partial charge in [0.1, 0.15) is 11.6 Å². The molecular formula is C10H7BrFNO. The minimum absolute atomic E-state index is 0.134. The van der Waals surface area contributed by atoms with E-state index in [2.05, 4.69) is 22.0 Å². The fourth-order valence-electron chi connectivity index (χ4n) is 1.49. The molecule has 0 spiro atoms. The average Bonchev–Trinajstić information content (AvgIpc) is 2.92. The van der Waals surface area contributed by atoms with Gasteiger partial charge in [-0.3, -0.25) is 0 Å². The molecule has 2 rings (SSSR count). The molecular weight excluding hydrogens is 249 g/mol. The van der Waals surface area contributed by atoms with Gasteiger partial charge in [0, 0.05) is 11.6 Å². The molecule has 0 amide bonds. The summed E-state index contributed by atoms with van der Waals surface area (Å²) >= 11 is 3.03. The highest BCUT2D eigenvalue weighted by Crippen LogP contribution is 2.51. The van der Waals surface area contributed by atoms with Crippen molar-refractivity contribution in [3.05, 3.63) is 28.0 Å².